The lowest BCUT2D eigenvalue weighted by Crippen LogP contribution is -2.14. The summed E-state index contributed by atoms with van der Waals surface area (Å²) in [6.07, 6.45) is 1.83. The second kappa shape index (κ2) is 5.11. The molecule has 5 nitrogen and oxygen atoms in total. The van der Waals surface area contributed by atoms with E-state index in [1.54, 1.807) is 0 Å². The van der Waals surface area contributed by atoms with E-state index in [0.29, 0.717) is 10.9 Å². The number of nitriles is 1. The minimum atomic E-state index is -0.406. The van der Waals surface area contributed by atoms with Gasteiger partial charge in [-0.25, -0.2) is 4.98 Å². The Balaban J connectivity index is 2.40. The quantitative estimate of drug-likeness (QED) is 0.562. The highest BCUT2D eigenvalue weighted by Gasteiger charge is 2.16. The summed E-state index contributed by atoms with van der Waals surface area (Å²) in [6.45, 7) is 1.97. The van der Waals surface area contributed by atoms with Crippen LogP contribution >= 0.6 is 11.8 Å². The summed E-state index contributed by atoms with van der Waals surface area (Å²) >= 11 is 1.34. The lowest BCUT2D eigenvalue weighted by molar-refractivity contribution is 0.938. The average molecular weight is 296 g/mol. The molecule has 0 spiro atoms. The van der Waals surface area contributed by atoms with Crippen LogP contribution in [0.3, 0.4) is 0 Å². The Bertz CT molecular complexity index is 933. The van der Waals surface area contributed by atoms with Crippen molar-refractivity contribution in [2.24, 2.45) is 0 Å². The van der Waals surface area contributed by atoms with E-state index in [0.717, 1.165) is 22.2 Å². The third-order valence-corrected chi connectivity index (χ3v) is 3.84. The molecule has 0 bridgehead atoms. The molecule has 3 aromatic rings. The minimum absolute atomic E-state index is 0.0409. The lowest BCUT2D eigenvalue weighted by atomic mass is 10.0. The van der Waals surface area contributed by atoms with E-state index in [9.17, 15) is 10.1 Å². The molecule has 0 amide bonds. The van der Waals surface area contributed by atoms with Gasteiger partial charge in [-0.05, 0) is 25.3 Å². The summed E-state index contributed by atoms with van der Waals surface area (Å²) < 4.78 is 0. The van der Waals surface area contributed by atoms with Gasteiger partial charge in [0.25, 0.3) is 5.56 Å². The maximum atomic E-state index is 12.0. The molecule has 0 fully saturated rings. The van der Waals surface area contributed by atoms with Crippen molar-refractivity contribution in [1.82, 2.24) is 15.0 Å². The fourth-order valence-corrected chi connectivity index (χ4v) is 2.73. The molecule has 0 aliphatic heterocycles. The van der Waals surface area contributed by atoms with Crippen LogP contribution in [0, 0.1) is 18.3 Å². The molecule has 3 rings (SSSR count). The van der Waals surface area contributed by atoms with E-state index < -0.39 is 5.56 Å². The first-order valence-corrected chi connectivity index (χ1v) is 7.53. The number of aromatic amines is 2. The third-order valence-electron chi connectivity index (χ3n) is 3.26. The summed E-state index contributed by atoms with van der Waals surface area (Å²) in [7, 11) is 0. The molecule has 21 heavy (non-hydrogen) atoms. The van der Waals surface area contributed by atoms with Crippen molar-refractivity contribution < 1.29 is 0 Å². The number of hydrogen-bond acceptors (Lipinski definition) is 4. The SMILES string of the molecule is CSc1nc(-c2cccc3[nH]c(C)cc23)c(C#N)c(=O)[nH]1. The van der Waals surface area contributed by atoms with E-state index in [1.807, 2.05) is 43.5 Å². The maximum absolute atomic E-state index is 12.0. The number of thioether (sulfide) groups is 1. The van der Waals surface area contributed by atoms with Crippen LogP contribution < -0.4 is 5.56 Å². The molecule has 104 valence electrons. The molecule has 6 heteroatoms. The molecule has 0 aliphatic rings. The van der Waals surface area contributed by atoms with Crippen LogP contribution in [-0.4, -0.2) is 21.2 Å². The van der Waals surface area contributed by atoms with Gasteiger partial charge >= 0.3 is 0 Å². The van der Waals surface area contributed by atoms with E-state index in [-0.39, 0.29) is 5.56 Å². The van der Waals surface area contributed by atoms with E-state index in [4.69, 9.17) is 0 Å². The molecule has 0 radical (unpaired) electrons. The van der Waals surface area contributed by atoms with Crippen molar-refractivity contribution in [3.05, 3.63) is 45.9 Å². The van der Waals surface area contributed by atoms with Gasteiger partial charge < -0.3 is 9.97 Å². The van der Waals surface area contributed by atoms with Crippen LogP contribution in [0.5, 0.6) is 0 Å². The van der Waals surface area contributed by atoms with Gasteiger partial charge in [0.2, 0.25) is 0 Å². The van der Waals surface area contributed by atoms with Crippen molar-refractivity contribution in [3.63, 3.8) is 0 Å². The highest BCUT2D eigenvalue weighted by molar-refractivity contribution is 7.98. The second-order valence-corrected chi connectivity index (χ2v) is 5.42. The molecular formula is C15H12N4OS. The molecule has 2 aromatic heterocycles. The number of nitrogens with zero attached hydrogens (tertiary/aromatic N) is 2. The molecule has 0 unspecified atom stereocenters. The zero-order valence-corrected chi connectivity index (χ0v) is 12.3. The van der Waals surface area contributed by atoms with Crippen molar-refractivity contribution >= 4 is 22.7 Å². The second-order valence-electron chi connectivity index (χ2n) is 4.63. The van der Waals surface area contributed by atoms with Crippen LogP contribution in [0.25, 0.3) is 22.2 Å². The van der Waals surface area contributed by atoms with Gasteiger partial charge in [0.1, 0.15) is 11.6 Å². The molecule has 0 saturated carbocycles. The van der Waals surface area contributed by atoms with E-state index in [2.05, 4.69) is 15.0 Å². The summed E-state index contributed by atoms with van der Waals surface area (Å²) in [4.78, 5) is 22.3. The van der Waals surface area contributed by atoms with Gasteiger partial charge in [-0.15, -0.1) is 0 Å². The monoisotopic (exact) mass is 296 g/mol. The molecule has 0 aliphatic carbocycles. The topological polar surface area (TPSA) is 85.3 Å². The smallest absolute Gasteiger partial charge is 0.270 e. The van der Waals surface area contributed by atoms with Crippen LogP contribution in [-0.2, 0) is 0 Å². The van der Waals surface area contributed by atoms with Crippen molar-refractivity contribution in [2.45, 2.75) is 12.1 Å². The number of aromatic nitrogens is 3. The van der Waals surface area contributed by atoms with Crippen molar-refractivity contribution in [1.29, 1.82) is 5.26 Å². The van der Waals surface area contributed by atoms with Gasteiger partial charge in [-0.3, -0.25) is 4.79 Å². The zero-order valence-electron chi connectivity index (χ0n) is 11.5. The van der Waals surface area contributed by atoms with E-state index in [1.165, 1.54) is 11.8 Å². The Morgan fingerprint density at radius 2 is 2.14 bits per heavy atom. The van der Waals surface area contributed by atoms with Gasteiger partial charge in [0.05, 0.1) is 5.69 Å². The number of hydrogen-bond donors (Lipinski definition) is 2. The van der Waals surface area contributed by atoms with Crippen LogP contribution in [0.1, 0.15) is 11.3 Å². The molecule has 1 aromatic carbocycles. The van der Waals surface area contributed by atoms with Gasteiger partial charge in [-0.1, -0.05) is 23.9 Å². The molecule has 2 heterocycles. The number of rotatable bonds is 2. The van der Waals surface area contributed by atoms with Crippen molar-refractivity contribution in [3.8, 4) is 17.3 Å². The maximum Gasteiger partial charge on any atom is 0.270 e. The first-order valence-electron chi connectivity index (χ1n) is 6.31. The normalized spacial score (nSPS) is 10.7. The fraction of sp³-hybridized carbons (Fsp3) is 0.133. The summed E-state index contributed by atoms with van der Waals surface area (Å²) in [5.41, 5.74) is 2.83. The first-order chi connectivity index (χ1) is 10.1. The Morgan fingerprint density at radius 3 is 2.86 bits per heavy atom. The number of fused-ring (bicyclic) bond motifs is 1. The third kappa shape index (κ3) is 2.22. The number of nitrogens with one attached hydrogen (secondary N) is 2. The summed E-state index contributed by atoms with van der Waals surface area (Å²) in [5, 5.41) is 10.7. The highest BCUT2D eigenvalue weighted by atomic mass is 32.2. The molecule has 0 atom stereocenters. The zero-order chi connectivity index (χ0) is 15.0. The van der Waals surface area contributed by atoms with Gasteiger partial charge in [0.15, 0.2) is 5.16 Å². The standard InChI is InChI=1S/C15H12N4OS/c1-8-6-10-9(4-3-5-12(10)17-8)13-11(7-16)14(20)19-15(18-13)21-2/h3-6,17H,1-2H3,(H,18,19,20). The number of aryl methyl sites for hydroxylation is 1. The Kier molecular flexibility index (Phi) is 3.28. The fourth-order valence-electron chi connectivity index (χ4n) is 2.35. The first kappa shape index (κ1) is 13.5. The Hall–Kier alpha value is -2.52. The molecule has 2 N–H and O–H groups in total. The van der Waals surface area contributed by atoms with Crippen LogP contribution in [0.15, 0.2) is 34.2 Å². The number of H-pyrrole nitrogens is 2. The van der Waals surface area contributed by atoms with Gasteiger partial charge in [0, 0.05) is 22.2 Å². The Labute approximate surface area is 125 Å². The predicted molar refractivity (Wildman–Crippen MR) is 83.4 cm³/mol. The highest BCUT2D eigenvalue weighted by Crippen LogP contribution is 2.29. The summed E-state index contributed by atoms with van der Waals surface area (Å²) in [6, 6.07) is 9.67. The predicted octanol–water partition coefficient (Wildman–Crippen LogP) is 2.82. The minimum Gasteiger partial charge on any atom is -0.359 e. The van der Waals surface area contributed by atoms with Crippen molar-refractivity contribution in [2.75, 3.05) is 6.26 Å². The molecule has 0 saturated heterocycles. The average Bonchev–Trinajstić information content (AvgIpc) is 2.86. The van der Waals surface area contributed by atoms with Gasteiger partial charge in [-0.2, -0.15) is 5.26 Å². The summed E-state index contributed by atoms with van der Waals surface area (Å²) in [5.74, 6) is 0. The largest absolute Gasteiger partial charge is 0.359 e. The lowest BCUT2D eigenvalue weighted by Gasteiger charge is -2.06. The van der Waals surface area contributed by atoms with Crippen LogP contribution in [0.4, 0.5) is 0 Å². The molecular weight excluding hydrogens is 284 g/mol. The van der Waals surface area contributed by atoms with E-state index >= 15 is 0 Å². The number of benzene rings is 1. The van der Waals surface area contributed by atoms with Crippen LogP contribution in [0.2, 0.25) is 0 Å². The Morgan fingerprint density at radius 1 is 1.33 bits per heavy atom.